The first-order valence-corrected chi connectivity index (χ1v) is 8.40. The Kier molecular flexibility index (Phi) is 4.45. The number of H-pyrrole nitrogens is 1. The van der Waals surface area contributed by atoms with Crippen LogP contribution in [-0.4, -0.2) is 9.97 Å². The van der Waals surface area contributed by atoms with E-state index in [-0.39, 0.29) is 0 Å². The summed E-state index contributed by atoms with van der Waals surface area (Å²) >= 11 is 0. The van der Waals surface area contributed by atoms with Gasteiger partial charge < -0.3 is 14.7 Å². The highest BCUT2D eigenvalue weighted by atomic mass is 19.4. The summed E-state index contributed by atoms with van der Waals surface area (Å²) in [6.45, 7) is 0.963. The van der Waals surface area contributed by atoms with E-state index < -0.39 is 11.7 Å². The van der Waals surface area contributed by atoms with Gasteiger partial charge in [-0.2, -0.15) is 13.2 Å². The highest BCUT2D eigenvalue weighted by Crippen LogP contribution is 2.32. The summed E-state index contributed by atoms with van der Waals surface area (Å²) in [5, 5.41) is 3.21. The molecule has 0 saturated heterocycles. The van der Waals surface area contributed by atoms with Crippen molar-refractivity contribution in [1.29, 1.82) is 0 Å². The fourth-order valence-electron chi connectivity index (χ4n) is 2.87. The number of hydrogen-bond donors (Lipinski definition) is 2. The number of rotatable bonds is 5. The average molecular weight is 371 g/mol. The SMILES string of the molecule is FC(F)(F)c1cccc(-c2ccc(CNCc3nc4ccccc4[nH]3)o2)c1. The number of para-hydroxylation sites is 2. The molecule has 2 N–H and O–H groups in total. The van der Waals surface area contributed by atoms with Crippen molar-refractivity contribution in [3.05, 3.63) is 77.8 Å². The third-order valence-electron chi connectivity index (χ3n) is 4.17. The third kappa shape index (κ3) is 3.88. The van der Waals surface area contributed by atoms with Crippen LogP contribution in [0.4, 0.5) is 13.2 Å². The number of alkyl halides is 3. The van der Waals surface area contributed by atoms with Crippen LogP contribution in [0.2, 0.25) is 0 Å². The maximum absolute atomic E-state index is 12.8. The van der Waals surface area contributed by atoms with Crippen LogP contribution in [-0.2, 0) is 19.3 Å². The number of furan rings is 1. The Morgan fingerprint density at radius 1 is 0.963 bits per heavy atom. The lowest BCUT2D eigenvalue weighted by atomic mass is 10.1. The summed E-state index contributed by atoms with van der Waals surface area (Å²) < 4.78 is 44.2. The summed E-state index contributed by atoms with van der Waals surface area (Å²) in [5.41, 5.74) is 1.58. The van der Waals surface area contributed by atoms with Crippen LogP contribution in [0.3, 0.4) is 0 Å². The van der Waals surface area contributed by atoms with Gasteiger partial charge in [-0.05, 0) is 36.4 Å². The Morgan fingerprint density at radius 3 is 2.63 bits per heavy atom. The molecular weight excluding hydrogens is 355 g/mol. The summed E-state index contributed by atoms with van der Waals surface area (Å²) in [4.78, 5) is 7.70. The van der Waals surface area contributed by atoms with Gasteiger partial charge in [-0.15, -0.1) is 0 Å². The zero-order chi connectivity index (χ0) is 18.9. The zero-order valence-electron chi connectivity index (χ0n) is 14.2. The number of imidazole rings is 1. The molecule has 0 spiro atoms. The second-order valence-corrected chi connectivity index (χ2v) is 6.15. The van der Waals surface area contributed by atoms with Crippen LogP contribution in [0.25, 0.3) is 22.4 Å². The van der Waals surface area contributed by atoms with Crippen LogP contribution < -0.4 is 5.32 Å². The lowest BCUT2D eigenvalue weighted by molar-refractivity contribution is -0.137. The Morgan fingerprint density at radius 2 is 1.81 bits per heavy atom. The molecule has 4 nitrogen and oxygen atoms in total. The Hall–Kier alpha value is -3.06. The number of halogens is 3. The van der Waals surface area contributed by atoms with Gasteiger partial charge in [-0.1, -0.05) is 24.3 Å². The van der Waals surface area contributed by atoms with E-state index in [1.54, 1.807) is 18.2 Å². The molecule has 2 heterocycles. The van der Waals surface area contributed by atoms with Crippen molar-refractivity contribution in [3.63, 3.8) is 0 Å². The van der Waals surface area contributed by atoms with E-state index in [0.717, 1.165) is 29.0 Å². The van der Waals surface area contributed by atoms with E-state index in [4.69, 9.17) is 4.42 Å². The van der Waals surface area contributed by atoms with E-state index in [1.165, 1.54) is 6.07 Å². The van der Waals surface area contributed by atoms with Gasteiger partial charge in [0, 0.05) is 5.56 Å². The van der Waals surface area contributed by atoms with Crippen LogP contribution in [0, 0.1) is 0 Å². The first kappa shape index (κ1) is 17.4. The molecule has 0 radical (unpaired) electrons. The molecule has 4 aromatic rings. The molecule has 0 aliphatic carbocycles. The third-order valence-corrected chi connectivity index (χ3v) is 4.17. The number of aromatic amines is 1. The lowest BCUT2D eigenvalue weighted by Crippen LogP contribution is -2.13. The smallest absolute Gasteiger partial charge is 0.416 e. The first-order chi connectivity index (χ1) is 13.0. The largest absolute Gasteiger partial charge is 0.460 e. The normalized spacial score (nSPS) is 12.0. The monoisotopic (exact) mass is 371 g/mol. The molecule has 0 aliphatic rings. The Labute approximate surface area is 153 Å². The number of nitrogens with one attached hydrogen (secondary N) is 2. The molecule has 27 heavy (non-hydrogen) atoms. The average Bonchev–Trinajstić information content (AvgIpc) is 3.27. The van der Waals surface area contributed by atoms with Gasteiger partial charge in [0.2, 0.25) is 0 Å². The molecule has 2 aromatic carbocycles. The van der Waals surface area contributed by atoms with E-state index in [9.17, 15) is 13.2 Å². The van der Waals surface area contributed by atoms with Crippen LogP contribution in [0.1, 0.15) is 17.1 Å². The van der Waals surface area contributed by atoms with E-state index >= 15 is 0 Å². The first-order valence-electron chi connectivity index (χ1n) is 8.40. The maximum Gasteiger partial charge on any atom is 0.416 e. The van der Waals surface area contributed by atoms with E-state index in [2.05, 4.69) is 15.3 Å². The standard InChI is InChI=1S/C20H16F3N3O/c21-20(22,23)14-5-3-4-13(10-14)18-9-8-15(27-18)11-24-12-19-25-16-6-1-2-7-17(16)26-19/h1-10,24H,11-12H2,(H,25,26). The molecule has 0 bridgehead atoms. The predicted molar refractivity (Wildman–Crippen MR) is 95.8 cm³/mol. The fraction of sp³-hybridized carbons (Fsp3) is 0.150. The molecule has 2 aromatic heterocycles. The van der Waals surface area contributed by atoms with E-state index in [1.807, 2.05) is 24.3 Å². The number of aromatic nitrogens is 2. The molecule has 7 heteroatoms. The summed E-state index contributed by atoms with van der Waals surface area (Å²) in [5.74, 6) is 1.85. The van der Waals surface area contributed by atoms with Crippen LogP contribution >= 0.6 is 0 Å². The Balaban J connectivity index is 1.41. The van der Waals surface area contributed by atoms with Gasteiger partial charge in [0.05, 0.1) is 29.7 Å². The van der Waals surface area contributed by atoms with Gasteiger partial charge in [0.25, 0.3) is 0 Å². The molecule has 0 aliphatic heterocycles. The minimum Gasteiger partial charge on any atom is -0.460 e. The lowest BCUT2D eigenvalue weighted by Gasteiger charge is -2.07. The summed E-state index contributed by atoms with van der Waals surface area (Å²) in [6.07, 6.45) is -4.38. The zero-order valence-corrected chi connectivity index (χ0v) is 14.2. The van der Waals surface area contributed by atoms with Gasteiger partial charge in [0.15, 0.2) is 0 Å². The number of fused-ring (bicyclic) bond motifs is 1. The van der Waals surface area contributed by atoms with Crippen molar-refractivity contribution >= 4 is 11.0 Å². The number of hydrogen-bond acceptors (Lipinski definition) is 3. The molecule has 4 rings (SSSR count). The van der Waals surface area contributed by atoms with Crippen LogP contribution in [0.15, 0.2) is 65.1 Å². The van der Waals surface area contributed by atoms with Gasteiger partial charge in [-0.3, -0.25) is 0 Å². The van der Waals surface area contributed by atoms with Crippen molar-refractivity contribution in [2.75, 3.05) is 0 Å². The molecular formula is C20H16F3N3O. The summed E-state index contributed by atoms with van der Waals surface area (Å²) in [7, 11) is 0. The fourth-order valence-corrected chi connectivity index (χ4v) is 2.87. The molecule has 0 atom stereocenters. The second-order valence-electron chi connectivity index (χ2n) is 6.15. The van der Waals surface area contributed by atoms with Crippen molar-refractivity contribution in [3.8, 4) is 11.3 Å². The van der Waals surface area contributed by atoms with Crippen molar-refractivity contribution in [2.45, 2.75) is 19.3 Å². The minimum absolute atomic E-state index is 0.397. The van der Waals surface area contributed by atoms with E-state index in [0.29, 0.717) is 30.2 Å². The Bertz CT molecular complexity index is 1030. The van der Waals surface area contributed by atoms with Crippen LogP contribution in [0.5, 0.6) is 0 Å². The van der Waals surface area contributed by atoms with Gasteiger partial charge in [0.1, 0.15) is 17.3 Å². The van der Waals surface area contributed by atoms with Crippen molar-refractivity contribution < 1.29 is 17.6 Å². The molecule has 0 fully saturated rings. The topological polar surface area (TPSA) is 53.9 Å². The van der Waals surface area contributed by atoms with Gasteiger partial charge in [-0.25, -0.2) is 4.98 Å². The molecule has 0 unspecified atom stereocenters. The second kappa shape index (κ2) is 6.92. The van der Waals surface area contributed by atoms with Crippen molar-refractivity contribution in [2.24, 2.45) is 0 Å². The predicted octanol–water partition coefficient (Wildman–Crippen LogP) is 5.13. The molecule has 0 saturated carbocycles. The van der Waals surface area contributed by atoms with Gasteiger partial charge >= 0.3 is 6.18 Å². The molecule has 0 amide bonds. The van der Waals surface area contributed by atoms with Crippen molar-refractivity contribution in [1.82, 2.24) is 15.3 Å². The highest BCUT2D eigenvalue weighted by molar-refractivity contribution is 5.74. The number of nitrogens with zero attached hydrogens (tertiary/aromatic N) is 1. The highest BCUT2D eigenvalue weighted by Gasteiger charge is 2.30. The quantitative estimate of drug-likeness (QED) is 0.511. The molecule has 138 valence electrons. The number of benzene rings is 2. The maximum atomic E-state index is 12.8. The summed E-state index contributed by atoms with van der Waals surface area (Å²) in [6, 6.07) is 16.3. The minimum atomic E-state index is -4.38.